The molecule has 0 fully saturated rings. The topological polar surface area (TPSA) is 74.6 Å². The van der Waals surface area contributed by atoms with E-state index in [1.165, 1.54) is 0 Å². The first kappa shape index (κ1) is 23.9. The van der Waals surface area contributed by atoms with Gasteiger partial charge in [-0.3, -0.25) is 4.79 Å². The lowest BCUT2D eigenvalue weighted by molar-refractivity contribution is 0.0946. The van der Waals surface area contributed by atoms with E-state index in [0.717, 1.165) is 28.8 Å². The van der Waals surface area contributed by atoms with E-state index in [1.54, 1.807) is 26.4 Å². The summed E-state index contributed by atoms with van der Waals surface area (Å²) in [6, 6.07) is 20.9. The minimum absolute atomic E-state index is 0.221. The van der Waals surface area contributed by atoms with Gasteiger partial charge in [0, 0.05) is 0 Å². The van der Waals surface area contributed by atoms with Gasteiger partial charge >= 0.3 is 0 Å². The minimum Gasteiger partial charge on any atom is -0.496 e. The molecule has 7 nitrogen and oxygen atoms in total. The molecule has 4 rings (SSSR count). The molecule has 0 aliphatic carbocycles. The van der Waals surface area contributed by atoms with E-state index in [0.29, 0.717) is 36.0 Å². The number of imidazole rings is 1. The molecule has 180 valence electrons. The molecule has 35 heavy (non-hydrogen) atoms. The summed E-state index contributed by atoms with van der Waals surface area (Å²) in [6.07, 6.45) is 2.62. The molecule has 0 unspecified atom stereocenters. The highest BCUT2D eigenvalue weighted by molar-refractivity contribution is 5.96. The summed E-state index contributed by atoms with van der Waals surface area (Å²) in [5.41, 5.74) is 3.43. The number of carbonyl (C=O) groups excluding carboxylic acids is 1. The summed E-state index contributed by atoms with van der Waals surface area (Å²) in [5, 5.41) is 2.96. The van der Waals surface area contributed by atoms with Gasteiger partial charge in [-0.05, 0) is 48.4 Å². The number of amides is 1. The van der Waals surface area contributed by atoms with Crippen LogP contribution in [0.4, 0.5) is 0 Å². The molecular formula is C28H29N3O4. The predicted octanol–water partition coefficient (Wildman–Crippen LogP) is 4.79. The number of aromatic nitrogens is 2. The molecule has 0 saturated heterocycles. The molecule has 0 bridgehead atoms. The van der Waals surface area contributed by atoms with Crippen LogP contribution in [-0.4, -0.2) is 36.3 Å². The highest BCUT2D eigenvalue weighted by Crippen LogP contribution is 2.28. The number of allylic oxidation sites excluding steroid dienone is 1. The Morgan fingerprint density at radius 1 is 1.00 bits per heavy atom. The third-order valence-electron chi connectivity index (χ3n) is 5.67. The Bertz CT molecular complexity index is 1330. The smallest absolute Gasteiger partial charge is 0.255 e. The predicted molar refractivity (Wildman–Crippen MR) is 136 cm³/mol. The van der Waals surface area contributed by atoms with Crippen LogP contribution in [0.5, 0.6) is 17.2 Å². The van der Waals surface area contributed by atoms with Crippen molar-refractivity contribution in [3.8, 4) is 17.2 Å². The van der Waals surface area contributed by atoms with Crippen molar-refractivity contribution >= 4 is 16.9 Å². The average Bonchev–Trinajstić information content (AvgIpc) is 3.25. The number of para-hydroxylation sites is 3. The van der Waals surface area contributed by atoms with Crippen molar-refractivity contribution in [1.82, 2.24) is 14.9 Å². The van der Waals surface area contributed by atoms with Crippen LogP contribution < -0.4 is 19.5 Å². The maximum atomic E-state index is 12.8. The van der Waals surface area contributed by atoms with Crippen molar-refractivity contribution in [3.63, 3.8) is 0 Å². The second kappa shape index (κ2) is 11.2. The van der Waals surface area contributed by atoms with Gasteiger partial charge in [-0.2, -0.15) is 0 Å². The Labute approximate surface area is 205 Å². The molecule has 1 heterocycles. The summed E-state index contributed by atoms with van der Waals surface area (Å²) < 4.78 is 18.9. The molecule has 0 aliphatic heterocycles. The summed E-state index contributed by atoms with van der Waals surface area (Å²) >= 11 is 0. The van der Waals surface area contributed by atoms with Crippen LogP contribution in [0.1, 0.15) is 21.7 Å². The summed E-state index contributed by atoms with van der Waals surface area (Å²) in [6.45, 7) is 5.01. The van der Waals surface area contributed by atoms with E-state index in [1.807, 2.05) is 60.7 Å². The number of benzene rings is 3. The monoisotopic (exact) mass is 471 g/mol. The fourth-order valence-electron chi connectivity index (χ4n) is 3.97. The lowest BCUT2D eigenvalue weighted by Crippen LogP contribution is -2.25. The Balaban J connectivity index is 1.49. The van der Waals surface area contributed by atoms with Crippen molar-refractivity contribution in [3.05, 3.63) is 96.3 Å². The van der Waals surface area contributed by atoms with Crippen LogP contribution in [0.25, 0.3) is 11.0 Å². The van der Waals surface area contributed by atoms with Crippen LogP contribution in [0.2, 0.25) is 0 Å². The Kier molecular flexibility index (Phi) is 7.67. The molecule has 0 aliphatic rings. The minimum atomic E-state index is -0.221. The number of rotatable bonds is 11. The Morgan fingerprint density at radius 2 is 1.77 bits per heavy atom. The maximum Gasteiger partial charge on any atom is 0.255 e. The van der Waals surface area contributed by atoms with E-state index >= 15 is 0 Å². The van der Waals surface area contributed by atoms with Crippen LogP contribution in [-0.2, 0) is 19.5 Å². The number of carbonyl (C=O) groups is 1. The number of nitrogens with one attached hydrogen (secondary N) is 1. The van der Waals surface area contributed by atoms with Gasteiger partial charge in [-0.25, -0.2) is 4.98 Å². The lowest BCUT2D eigenvalue weighted by Gasteiger charge is -2.14. The first-order valence-corrected chi connectivity index (χ1v) is 11.4. The van der Waals surface area contributed by atoms with E-state index in [4.69, 9.17) is 19.2 Å². The highest BCUT2D eigenvalue weighted by atomic mass is 16.5. The van der Waals surface area contributed by atoms with Crippen molar-refractivity contribution in [2.45, 2.75) is 19.5 Å². The average molecular weight is 472 g/mol. The fourth-order valence-corrected chi connectivity index (χ4v) is 3.97. The number of nitrogens with zero attached hydrogens (tertiary/aromatic N) is 2. The molecule has 7 heteroatoms. The molecule has 1 N–H and O–H groups in total. The SMILES string of the molecule is C=CCc1ccc(OCCn2c(CNC(=O)c3ccccc3OC)nc3ccccc32)c(OC)c1. The Morgan fingerprint density at radius 3 is 2.57 bits per heavy atom. The van der Waals surface area contributed by atoms with Crippen LogP contribution in [0, 0.1) is 0 Å². The summed E-state index contributed by atoms with van der Waals surface area (Å²) in [4.78, 5) is 17.5. The second-order valence-corrected chi connectivity index (χ2v) is 7.88. The van der Waals surface area contributed by atoms with Gasteiger partial charge in [0.25, 0.3) is 5.91 Å². The normalized spacial score (nSPS) is 10.7. The summed E-state index contributed by atoms with van der Waals surface area (Å²) in [7, 11) is 3.18. The van der Waals surface area contributed by atoms with Crippen molar-refractivity contribution in [1.29, 1.82) is 0 Å². The fraction of sp³-hybridized carbons (Fsp3) is 0.214. The third kappa shape index (κ3) is 5.46. The molecule has 1 amide bonds. The lowest BCUT2D eigenvalue weighted by atomic mass is 10.1. The Hall–Kier alpha value is -4.26. The first-order valence-electron chi connectivity index (χ1n) is 11.4. The summed E-state index contributed by atoms with van der Waals surface area (Å²) in [5.74, 6) is 2.41. The van der Waals surface area contributed by atoms with Gasteiger partial charge < -0.3 is 24.1 Å². The molecule has 0 atom stereocenters. The van der Waals surface area contributed by atoms with Crippen LogP contribution in [0.3, 0.4) is 0 Å². The quantitative estimate of drug-likeness (QED) is 0.318. The van der Waals surface area contributed by atoms with Gasteiger partial charge in [0.15, 0.2) is 11.5 Å². The zero-order chi connectivity index (χ0) is 24.6. The number of methoxy groups -OCH3 is 2. The standard InChI is InChI=1S/C28H29N3O4/c1-4-9-20-14-15-25(26(18-20)34-3)35-17-16-31-23-12-7-6-11-22(23)30-27(31)19-29-28(32)21-10-5-8-13-24(21)33-2/h4-8,10-15,18H,1,9,16-17,19H2,2-3H3,(H,29,32). The zero-order valence-corrected chi connectivity index (χ0v) is 20.0. The molecule has 0 radical (unpaired) electrons. The molecule has 1 aromatic heterocycles. The number of ether oxygens (including phenoxy) is 3. The van der Waals surface area contributed by atoms with Gasteiger partial charge in [0.1, 0.15) is 18.2 Å². The zero-order valence-electron chi connectivity index (χ0n) is 20.0. The van der Waals surface area contributed by atoms with Crippen LogP contribution in [0.15, 0.2) is 79.4 Å². The van der Waals surface area contributed by atoms with Gasteiger partial charge in [0.2, 0.25) is 0 Å². The molecule has 3 aromatic carbocycles. The second-order valence-electron chi connectivity index (χ2n) is 7.88. The third-order valence-corrected chi connectivity index (χ3v) is 5.67. The van der Waals surface area contributed by atoms with Crippen LogP contribution >= 0.6 is 0 Å². The van der Waals surface area contributed by atoms with Crippen molar-refractivity contribution in [2.24, 2.45) is 0 Å². The van der Waals surface area contributed by atoms with Gasteiger partial charge in [-0.15, -0.1) is 6.58 Å². The van der Waals surface area contributed by atoms with Gasteiger partial charge in [-0.1, -0.05) is 36.4 Å². The number of hydrogen-bond donors (Lipinski definition) is 1. The molecule has 4 aromatic rings. The maximum absolute atomic E-state index is 12.8. The number of fused-ring (bicyclic) bond motifs is 1. The largest absolute Gasteiger partial charge is 0.496 e. The van der Waals surface area contributed by atoms with E-state index in [2.05, 4.69) is 16.5 Å². The van der Waals surface area contributed by atoms with Crippen molar-refractivity contribution in [2.75, 3.05) is 20.8 Å². The highest BCUT2D eigenvalue weighted by Gasteiger charge is 2.15. The van der Waals surface area contributed by atoms with Gasteiger partial charge in [0.05, 0.1) is 43.9 Å². The first-order chi connectivity index (χ1) is 17.1. The molecular weight excluding hydrogens is 442 g/mol. The molecule has 0 saturated carbocycles. The van der Waals surface area contributed by atoms with E-state index in [9.17, 15) is 4.79 Å². The van der Waals surface area contributed by atoms with E-state index in [-0.39, 0.29) is 12.5 Å². The number of hydrogen-bond acceptors (Lipinski definition) is 5. The van der Waals surface area contributed by atoms with Crippen molar-refractivity contribution < 1.29 is 19.0 Å². The molecule has 0 spiro atoms. The van der Waals surface area contributed by atoms with E-state index < -0.39 is 0 Å².